The molecule has 2 atom stereocenters. The molecule has 0 aromatic heterocycles. The molecule has 2 heteroatoms. The van der Waals surface area contributed by atoms with Crippen molar-refractivity contribution in [1.82, 2.24) is 5.32 Å². The van der Waals surface area contributed by atoms with Crippen LogP contribution < -0.4 is 5.32 Å². The molecule has 2 unspecified atom stereocenters. The summed E-state index contributed by atoms with van der Waals surface area (Å²) in [5, 5.41) is 4.52. The lowest BCUT2D eigenvalue weighted by atomic mass is 9.91. The largest absolute Gasteiger partial charge is 0.310 e. The second-order valence-corrected chi connectivity index (χ2v) is 6.07. The van der Waals surface area contributed by atoms with E-state index in [1.54, 1.807) is 0 Å². The Balaban J connectivity index is 2.85. The molecule has 1 aromatic rings. The predicted octanol–water partition coefficient (Wildman–Crippen LogP) is 5.52. The lowest BCUT2D eigenvalue weighted by Crippen LogP contribution is -2.24. The van der Waals surface area contributed by atoms with Crippen molar-refractivity contribution in [2.45, 2.75) is 59.4 Å². The molecule has 0 aliphatic carbocycles. The van der Waals surface area contributed by atoms with E-state index in [9.17, 15) is 0 Å². The normalized spacial score (nSPS) is 14.4. The van der Waals surface area contributed by atoms with Crippen LogP contribution in [0, 0.1) is 12.8 Å². The van der Waals surface area contributed by atoms with Gasteiger partial charge in [0.15, 0.2) is 0 Å². The van der Waals surface area contributed by atoms with Gasteiger partial charge in [-0.2, -0.15) is 0 Å². The van der Waals surface area contributed by atoms with Crippen LogP contribution >= 0.6 is 11.6 Å². The van der Waals surface area contributed by atoms with Crippen molar-refractivity contribution in [1.29, 1.82) is 0 Å². The number of aryl methyl sites for hydroxylation is 1. The highest BCUT2D eigenvalue weighted by Crippen LogP contribution is 2.28. The van der Waals surface area contributed by atoms with Gasteiger partial charge in [0.2, 0.25) is 0 Å². The average molecular weight is 282 g/mol. The van der Waals surface area contributed by atoms with E-state index >= 15 is 0 Å². The fraction of sp³-hybridized carbons (Fsp3) is 0.647. The predicted molar refractivity (Wildman–Crippen MR) is 85.9 cm³/mol. The van der Waals surface area contributed by atoms with Crippen LogP contribution in [0.25, 0.3) is 0 Å². The second-order valence-electron chi connectivity index (χ2n) is 5.64. The van der Waals surface area contributed by atoms with Gasteiger partial charge < -0.3 is 5.32 Å². The molecule has 0 aliphatic heterocycles. The smallest absolute Gasteiger partial charge is 0.0409 e. The van der Waals surface area contributed by atoms with E-state index < -0.39 is 0 Å². The third kappa shape index (κ3) is 5.54. The molecule has 0 amide bonds. The summed E-state index contributed by atoms with van der Waals surface area (Å²) in [4.78, 5) is 0. The Morgan fingerprint density at radius 3 is 2.58 bits per heavy atom. The molecular formula is C17H28ClN. The molecule has 19 heavy (non-hydrogen) atoms. The zero-order valence-electron chi connectivity index (χ0n) is 12.8. The Labute approximate surface area is 123 Å². The fourth-order valence-electron chi connectivity index (χ4n) is 2.64. The van der Waals surface area contributed by atoms with Gasteiger partial charge in [-0.1, -0.05) is 51.3 Å². The molecule has 108 valence electrons. The van der Waals surface area contributed by atoms with E-state index in [2.05, 4.69) is 45.1 Å². The van der Waals surface area contributed by atoms with Gasteiger partial charge in [-0.25, -0.2) is 0 Å². The van der Waals surface area contributed by atoms with E-state index in [1.165, 1.54) is 30.4 Å². The van der Waals surface area contributed by atoms with Crippen LogP contribution in [0.1, 0.15) is 63.6 Å². The molecule has 1 aromatic carbocycles. The Hall–Kier alpha value is -0.530. The van der Waals surface area contributed by atoms with Gasteiger partial charge in [0.25, 0.3) is 0 Å². The third-order valence-corrected chi connectivity index (χ3v) is 3.91. The summed E-state index contributed by atoms with van der Waals surface area (Å²) in [5.74, 6) is 0.748. The Bertz CT molecular complexity index is 376. The molecule has 1 rings (SSSR count). The number of hydrogen-bond acceptors (Lipinski definition) is 1. The summed E-state index contributed by atoms with van der Waals surface area (Å²) in [6.45, 7) is 10.1. The molecule has 0 bridgehead atoms. The number of rotatable bonds is 8. The van der Waals surface area contributed by atoms with Crippen LogP contribution in [0.15, 0.2) is 18.2 Å². The lowest BCUT2D eigenvalue weighted by Gasteiger charge is -2.24. The minimum Gasteiger partial charge on any atom is -0.310 e. The third-order valence-electron chi connectivity index (χ3n) is 3.68. The van der Waals surface area contributed by atoms with Gasteiger partial charge in [0.1, 0.15) is 0 Å². The first-order valence-electron chi connectivity index (χ1n) is 7.57. The highest BCUT2D eigenvalue weighted by Gasteiger charge is 2.16. The molecular weight excluding hydrogens is 254 g/mol. The van der Waals surface area contributed by atoms with E-state index in [1.807, 2.05) is 6.07 Å². The minimum absolute atomic E-state index is 0.431. The molecule has 0 saturated carbocycles. The maximum Gasteiger partial charge on any atom is 0.0409 e. The summed E-state index contributed by atoms with van der Waals surface area (Å²) in [6.07, 6.45) is 4.91. The fourth-order valence-corrected chi connectivity index (χ4v) is 2.82. The number of hydrogen-bond donors (Lipinski definition) is 1. The van der Waals surface area contributed by atoms with E-state index in [-0.39, 0.29) is 0 Å². The van der Waals surface area contributed by atoms with Gasteiger partial charge in [-0.3, -0.25) is 0 Å². The maximum absolute atomic E-state index is 6.16. The van der Waals surface area contributed by atoms with Crippen molar-refractivity contribution in [2.24, 2.45) is 5.92 Å². The number of benzene rings is 1. The molecule has 0 spiro atoms. The minimum atomic E-state index is 0.431. The first-order valence-corrected chi connectivity index (χ1v) is 7.95. The van der Waals surface area contributed by atoms with E-state index in [0.29, 0.717) is 6.04 Å². The zero-order chi connectivity index (χ0) is 14.3. The number of halogens is 1. The molecule has 1 N–H and O–H groups in total. The topological polar surface area (TPSA) is 12.0 Å². The monoisotopic (exact) mass is 281 g/mol. The molecule has 0 saturated heterocycles. The lowest BCUT2D eigenvalue weighted by molar-refractivity contribution is 0.389. The van der Waals surface area contributed by atoms with Crippen LogP contribution in [0.5, 0.6) is 0 Å². The first kappa shape index (κ1) is 16.5. The molecule has 1 nitrogen and oxygen atoms in total. The van der Waals surface area contributed by atoms with Gasteiger partial charge >= 0.3 is 0 Å². The average Bonchev–Trinajstić information content (AvgIpc) is 2.38. The Morgan fingerprint density at radius 1 is 1.21 bits per heavy atom. The zero-order valence-corrected chi connectivity index (χ0v) is 13.6. The van der Waals surface area contributed by atoms with Gasteiger partial charge in [-0.05, 0) is 55.5 Å². The van der Waals surface area contributed by atoms with Crippen LogP contribution in [0.3, 0.4) is 0 Å². The van der Waals surface area contributed by atoms with Crippen molar-refractivity contribution >= 4 is 11.6 Å². The highest BCUT2D eigenvalue weighted by molar-refractivity contribution is 6.30. The van der Waals surface area contributed by atoms with Crippen molar-refractivity contribution in [3.63, 3.8) is 0 Å². The SMILES string of the molecule is CCCNC(CC(C)CCC)c1cc(Cl)ccc1C. The van der Waals surface area contributed by atoms with Crippen LogP contribution in [0.4, 0.5) is 0 Å². The van der Waals surface area contributed by atoms with Crippen molar-refractivity contribution in [2.75, 3.05) is 6.54 Å². The summed E-state index contributed by atoms with van der Waals surface area (Å²) in [5.41, 5.74) is 2.70. The van der Waals surface area contributed by atoms with Gasteiger partial charge in [0, 0.05) is 11.1 Å². The summed E-state index contributed by atoms with van der Waals surface area (Å²) in [6, 6.07) is 6.67. The van der Waals surface area contributed by atoms with E-state index in [0.717, 1.165) is 23.9 Å². The number of nitrogens with one attached hydrogen (secondary N) is 1. The van der Waals surface area contributed by atoms with Crippen molar-refractivity contribution in [3.05, 3.63) is 34.3 Å². The quantitative estimate of drug-likeness (QED) is 0.662. The summed E-state index contributed by atoms with van der Waals surface area (Å²) in [7, 11) is 0. The highest BCUT2D eigenvalue weighted by atomic mass is 35.5. The molecule has 0 aliphatic rings. The Morgan fingerprint density at radius 2 is 1.95 bits per heavy atom. The maximum atomic E-state index is 6.16. The molecule has 0 heterocycles. The molecule has 0 fully saturated rings. The summed E-state index contributed by atoms with van der Waals surface area (Å²) < 4.78 is 0. The van der Waals surface area contributed by atoms with Crippen LogP contribution in [0.2, 0.25) is 5.02 Å². The van der Waals surface area contributed by atoms with Gasteiger partial charge in [-0.15, -0.1) is 0 Å². The molecule has 0 radical (unpaired) electrons. The first-order chi connectivity index (χ1) is 9.08. The van der Waals surface area contributed by atoms with Crippen molar-refractivity contribution in [3.8, 4) is 0 Å². The van der Waals surface area contributed by atoms with E-state index in [4.69, 9.17) is 11.6 Å². The van der Waals surface area contributed by atoms with Crippen molar-refractivity contribution < 1.29 is 0 Å². The van der Waals surface area contributed by atoms with Crippen LogP contribution in [-0.2, 0) is 0 Å². The van der Waals surface area contributed by atoms with Gasteiger partial charge in [0.05, 0.1) is 0 Å². The second kappa shape index (κ2) is 8.60. The Kier molecular flexibility index (Phi) is 7.48. The summed E-state index contributed by atoms with van der Waals surface area (Å²) >= 11 is 6.16. The standard InChI is InChI=1S/C17H28ClN/c1-5-7-13(3)11-17(19-10-6-2)16-12-15(18)9-8-14(16)4/h8-9,12-13,17,19H,5-7,10-11H2,1-4H3. The van der Waals surface area contributed by atoms with Crippen LogP contribution in [-0.4, -0.2) is 6.54 Å².